The lowest BCUT2D eigenvalue weighted by Crippen LogP contribution is -2.51. The Kier molecular flexibility index (Phi) is 7.69. The van der Waals surface area contributed by atoms with Crippen LogP contribution in [0.15, 0.2) is 30.3 Å². The first-order valence-corrected chi connectivity index (χ1v) is 10.8. The summed E-state index contributed by atoms with van der Waals surface area (Å²) in [6.07, 6.45) is 5.29. The maximum absolute atomic E-state index is 12.4. The van der Waals surface area contributed by atoms with Gasteiger partial charge in [0, 0.05) is 6.04 Å². The van der Waals surface area contributed by atoms with Crippen molar-refractivity contribution in [3.05, 3.63) is 35.9 Å². The molecule has 7 heteroatoms. The highest BCUT2D eigenvalue weighted by atomic mass is 35.6. The molecule has 27 heavy (non-hydrogen) atoms. The van der Waals surface area contributed by atoms with E-state index in [0.717, 1.165) is 12.0 Å². The van der Waals surface area contributed by atoms with E-state index in [0.29, 0.717) is 18.6 Å². The molecule has 2 aliphatic heterocycles. The second-order valence-electron chi connectivity index (χ2n) is 7.49. The van der Waals surface area contributed by atoms with Crippen LogP contribution in [0.1, 0.15) is 37.7 Å². The van der Waals surface area contributed by atoms with Crippen LogP contribution in [-0.2, 0) is 16.0 Å². The number of carbonyl (C=O) groups is 1. The summed E-state index contributed by atoms with van der Waals surface area (Å²) in [6, 6.07) is 10.0. The van der Waals surface area contributed by atoms with E-state index in [9.17, 15) is 4.79 Å². The number of alkyl halides is 3. The Morgan fingerprint density at radius 1 is 1.15 bits per heavy atom. The molecule has 0 radical (unpaired) electrons. The molecule has 2 heterocycles. The van der Waals surface area contributed by atoms with Crippen molar-refractivity contribution in [3.8, 4) is 0 Å². The van der Waals surface area contributed by atoms with Gasteiger partial charge in [-0.1, -0.05) is 71.6 Å². The lowest BCUT2D eigenvalue weighted by molar-refractivity contribution is -0.125. The fraction of sp³-hybridized carbons (Fsp3) is 0.650. The average Bonchev–Trinajstić information content (AvgIpc) is 2.65. The smallest absolute Gasteiger partial charge is 0.234 e. The van der Waals surface area contributed by atoms with Gasteiger partial charge < -0.3 is 15.0 Å². The zero-order valence-electron chi connectivity index (χ0n) is 15.4. The largest absolute Gasteiger partial charge is 0.354 e. The second kappa shape index (κ2) is 9.80. The molecule has 2 aliphatic rings. The third kappa shape index (κ3) is 6.23. The van der Waals surface area contributed by atoms with Crippen molar-refractivity contribution in [1.29, 1.82) is 0 Å². The molecule has 0 bridgehead atoms. The summed E-state index contributed by atoms with van der Waals surface area (Å²) >= 11 is 18.2. The van der Waals surface area contributed by atoms with Crippen LogP contribution in [0.5, 0.6) is 0 Å². The van der Waals surface area contributed by atoms with Crippen molar-refractivity contribution < 1.29 is 9.53 Å². The Morgan fingerprint density at radius 3 is 2.63 bits per heavy atom. The number of rotatable bonds is 6. The number of benzene rings is 1. The predicted molar refractivity (Wildman–Crippen MR) is 110 cm³/mol. The van der Waals surface area contributed by atoms with E-state index < -0.39 is 10.0 Å². The van der Waals surface area contributed by atoms with Gasteiger partial charge >= 0.3 is 0 Å². The van der Waals surface area contributed by atoms with E-state index in [2.05, 4.69) is 10.2 Å². The zero-order chi connectivity index (χ0) is 19.3. The van der Waals surface area contributed by atoms with E-state index in [1.807, 2.05) is 30.3 Å². The standard InChI is InChI=1S/C20H27Cl3N2O2/c21-20(22,23)19(24-18(26)13-15-7-2-1-3-8-15)27-14-16-9-6-12-25-11-5-4-10-17(16)25/h1-3,7-8,16-17,19H,4-6,9-14H2,(H,24,26). The van der Waals surface area contributed by atoms with Crippen LogP contribution in [0, 0.1) is 5.92 Å². The molecule has 0 aromatic heterocycles. The fourth-order valence-corrected chi connectivity index (χ4v) is 4.54. The predicted octanol–water partition coefficient (Wildman–Crippen LogP) is 4.32. The molecule has 3 atom stereocenters. The highest BCUT2D eigenvalue weighted by Crippen LogP contribution is 2.34. The van der Waals surface area contributed by atoms with Crippen molar-refractivity contribution in [3.63, 3.8) is 0 Å². The molecule has 0 saturated carbocycles. The van der Waals surface area contributed by atoms with Crippen LogP contribution in [0.4, 0.5) is 0 Å². The monoisotopic (exact) mass is 432 g/mol. The van der Waals surface area contributed by atoms with Crippen molar-refractivity contribution in [2.45, 2.75) is 54.6 Å². The first-order valence-electron chi connectivity index (χ1n) is 9.69. The van der Waals surface area contributed by atoms with E-state index in [-0.39, 0.29) is 12.3 Å². The summed E-state index contributed by atoms with van der Waals surface area (Å²) in [4.78, 5) is 14.9. The van der Waals surface area contributed by atoms with Crippen LogP contribution in [-0.4, -0.2) is 46.6 Å². The summed E-state index contributed by atoms with van der Waals surface area (Å²) in [5.74, 6) is 0.195. The maximum atomic E-state index is 12.4. The van der Waals surface area contributed by atoms with Crippen LogP contribution < -0.4 is 5.32 Å². The first kappa shape index (κ1) is 21.2. The van der Waals surface area contributed by atoms with Crippen molar-refractivity contribution >= 4 is 40.7 Å². The van der Waals surface area contributed by atoms with E-state index in [4.69, 9.17) is 39.5 Å². The molecule has 0 spiro atoms. The average molecular weight is 434 g/mol. The SMILES string of the molecule is O=C(Cc1ccccc1)NC(OCC1CCCN2CCCCC12)C(Cl)(Cl)Cl. The van der Waals surface area contributed by atoms with Gasteiger partial charge in [0.2, 0.25) is 9.70 Å². The number of piperidine rings is 2. The lowest BCUT2D eigenvalue weighted by Gasteiger charge is -2.44. The normalized spacial score (nSPS) is 24.9. The molecule has 3 unspecified atom stereocenters. The zero-order valence-corrected chi connectivity index (χ0v) is 17.6. The highest BCUT2D eigenvalue weighted by molar-refractivity contribution is 6.68. The number of nitrogens with zero attached hydrogens (tertiary/aromatic N) is 1. The lowest BCUT2D eigenvalue weighted by atomic mass is 9.84. The Morgan fingerprint density at radius 2 is 1.89 bits per heavy atom. The number of ether oxygens (including phenoxy) is 1. The van der Waals surface area contributed by atoms with Crippen LogP contribution in [0.2, 0.25) is 0 Å². The molecule has 1 aromatic rings. The van der Waals surface area contributed by atoms with E-state index in [1.165, 1.54) is 38.8 Å². The number of hydrogen-bond donors (Lipinski definition) is 1. The van der Waals surface area contributed by atoms with Gasteiger partial charge in [0.05, 0.1) is 13.0 Å². The number of carbonyl (C=O) groups excluding carboxylic acids is 1. The summed E-state index contributed by atoms with van der Waals surface area (Å²) in [6.45, 7) is 2.83. The Labute approximate surface area is 176 Å². The van der Waals surface area contributed by atoms with Crippen LogP contribution in [0.3, 0.4) is 0 Å². The van der Waals surface area contributed by atoms with Crippen LogP contribution in [0.25, 0.3) is 0 Å². The van der Waals surface area contributed by atoms with Gasteiger partial charge in [-0.2, -0.15) is 0 Å². The first-order chi connectivity index (χ1) is 12.9. The van der Waals surface area contributed by atoms with Gasteiger partial charge in [-0.05, 0) is 50.3 Å². The van der Waals surface area contributed by atoms with Gasteiger partial charge in [-0.15, -0.1) is 0 Å². The number of halogens is 3. The molecule has 0 aliphatic carbocycles. The Balaban J connectivity index is 1.56. The quantitative estimate of drug-likeness (QED) is 0.536. The molecule has 2 saturated heterocycles. The second-order valence-corrected chi connectivity index (χ2v) is 9.86. The topological polar surface area (TPSA) is 41.6 Å². The van der Waals surface area contributed by atoms with Gasteiger partial charge in [-0.25, -0.2) is 0 Å². The van der Waals surface area contributed by atoms with Gasteiger partial charge in [0.15, 0.2) is 6.23 Å². The molecule has 3 rings (SSSR count). The summed E-state index contributed by atoms with van der Waals surface area (Å²) in [5, 5.41) is 2.75. The maximum Gasteiger partial charge on any atom is 0.234 e. The summed E-state index contributed by atoms with van der Waals surface area (Å²) in [5.41, 5.74) is 0.906. The molecular weight excluding hydrogens is 407 g/mol. The van der Waals surface area contributed by atoms with Crippen molar-refractivity contribution in [2.24, 2.45) is 5.92 Å². The highest BCUT2D eigenvalue weighted by Gasteiger charge is 2.38. The molecule has 1 amide bonds. The van der Waals surface area contributed by atoms with E-state index in [1.54, 1.807) is 0 Å². The molecule has 1 N–H and O–H groups in total. The minimum Gasteiger partial charge on any atom is -0.354 e. The van der Waals surface area contributed by atoms with Gasteiger partial charge in [-0.3, -0.25) is 4.79 Å². The number of hydrogen-bond acceptors (Lipinski definition) is 3. The number of nitrogens with one attached hydrogen (secondary N) is 1. The van der Waals surface area contributed by atoms with Crippen molar-refractivity contribution in [2.75, 3.05) is 19.7 Å². The molecule has 2 fully saturated rings. The molecular formula is C20H27Cl3N2O2. The summed E-state index contributed by atoms with van der Waals surface area (Å²) < 4.78 is 4.23. The third-order valence-corrected chi connectivity index (χ3v) is 6.10. The van der Waals surface area contributed by atoms with Crippen molar-refractivity contribution in [1.82, 2.24) is 10.2 Å². The van der Waals surface area contributed by atoms with Gasteiger partial charge in [0.25, 0.3) is 0 Å². The van der Waals surface area contributed by atoms with E-state index >= 15 is 0 Å². The molecule has 1 aromatic carbocycles. The summed E-state index contributed by atoms with van der Waals surface area (Å²) in [7, 11) is 0. The number of amides is 1. The fourth-order valence-electron chi connectivity index (χ4n) is 4.19. The Bertz CT molecular complexity index is 607. The minimum atomic E-state index is -1.72. The molecule has 150 valence electrons. The number of fused-ring (bicyclic) bond motifs is 1. The Hall–Kier alpha value is -0.520. The van der Waals surface area contributed by atoms with Gasteiger partial charge in [0.1, 0.15) is 0 Å². The molecule has 4 nitrogen and oxygen atoms in total. The third-order valence-electron chi connectivity index (χ3n) is 5.50. The minimum absolute atomic E-state index is 0.222. The van der Waals surface area contributed by atoms with Crippen LogP contribution >= 0.6 is 34.8 Å².